The van der Waals surface area contributed by atoms with E-state index in [1.165, 1.54) is 25.7 Å². The molecule has 84 valence electrons. The summed E-state index contributed by atoms with van der Waals surface area (Å²) in [6.07, 6.45) is 7.08. The minimum absolute atomic E-state index is 1.06. The maximum atomic E-state index is 3.46. The summed E-state index contributed by atoms with van der Waals surface area (Å²) in [5.74, 6) is 6.62. The van der Waals surface area contributed by atoms with Crippen LogP contribution < -0.4 is 0 Å². The van der Waals surface area contributed by atoms with E-state index in [0.29, 0.717) is 0 Å². The van der Waals surface area contributed by atoms with Crippen LogP contribution in [0, 0.1) is 19.7 Å². The van der Waals surface area contributed by atoms with Crippen molar-refractivity contribution in [2.24, 2.45) is 0 Å². The first kappa shape index (κ1) is 14.9. The molecule has 15 heavy (non-hydrogen) atoms. The Balaban J connectivity index is 4.01. The molecule has 0 aromatic carbocycles. The first-order valence-corrected chi connectivity index (χ1v) is 14.7. The van der Waals surface area contributed by atoms with E-state index < -0.39 is 18.4 Å². The summed E-state index contributed by atoms with van der Waals surface area (Å²) in [5.41, 5.74) is 0. The van der Waals surface area contributed by atoms with Crippen LogP contribution >= 0.6 is 0 Å². The van der Waals surface area contributed by atoms with Gasteiger partial charge in [0.05, 0.1) is 0 Å². The van der Waals surface area contributed by atoms with Gasteiger partial charge in [-0.1, -0.05) is 0 Å². The van der Waals surface area contributed by atoms with E-state index in [2.05, 4.69) is 43.4 Å². The van der Waals surface area contributed by atoms with Crippen LogP contribution in [0.5, 0.6) is 0 Å². The molecule has 0 nitrogen and oxygen atoms in total. The van der Waals surface area contributed by atoms with Crippen molar-refractivity contribution in [3.63, 3.8) is 0 Å². The van der Waals surface area contributed by atoms with Crippen molar-refractivity contribution in [2.75, 3.05) is 0 Å². The molecule has 0 fully saturated rings. The predicted molar refractivity (Wildman–Crippen MR) is 72.1 cm³/mol. The van der Waals surface area contributed by atoms with E-state index in [0.717, 1.165) is 12.8 Å². The van der Waals surface area contributed by atoms with Crippen LogP contribution in [0.4, 0.5) is 0 Å². The second-order valence-corrected chi connectivity index (χ2v) is 15.1. The standard InChI is InChI=1S/2C6H9.2CH3.Sn/c2*1-3-5-6-4-2;;;/h2*3,5-6H2,1H3;2*1H3;. The van der Waals surface area contributed by atoms with E-state index in [4.69, 9.17) is 0 Å². The van der Waals surface area contributed by atoms with Gasteiger partial charge in [0.2, 0.25) is 0 Å². The Kier molecular flexibility index (Phi) is 9.12. The zero-order valence-corrected chi connectivity index (χ0v) is 13.6. The second-order valence-electron chi connectivity index (χ2n) is 4.44. The average Bonchev–Trinajstić information content (AvgIpc) is 2.20. The van der Waals surface area contributed by atoms with Crippen molar-refractivity contribution in [3.8, 4) is 19.7 Å². The summed E-state index contributed by atoms with van der Waals surface area (Å²) in [7, 11) is 0. The zero-order valence-electron chi connectivity index (χ0n) is 10.7. The molecule has 0 unspecified atom stereocenters. The van der Waals surface area contributed by atoms with Crippen molar-refractivity contribution < 1.29 is 0 Å². The van der Waals surface area contributed by atoms with Crippen molar-refractivity contribution >= 4 is 18.4 Å². The van der Waals surface area contributed by atoms with E-state index in [9.17, 15) is 0 Å². The van der Waals surface area contributed by atoms with Gasteiger partial charge >= 0.3 is 100 Å². The topological polar surface area (TPSA) is 0 Å². The third-order valence-electron chi connectivity index (χ3n) is 2.11. The average molecular weight is 311 g/mol. The van der Waals surface area contributed by atoms with Gasteiger partial charge in [0, 0.05) is 0 Å². The molecule has 1 heteroatoms. The fraction of sp³-hybridized carbons (Fsp3) is 0.714. The van der Waals surface area contributed by atoms with Crippen molar-refractivity contribution in [3.05, 3.63) is 0 Å². The van der Waals surface area contributed by atoms with E-state index in [1.54, 1.807) is 0 Å². The summed E-state index contributed by atoms with van der Waals surface area (Å²) in [5, 5.41) is 0. The van der Waals surface area contributed by atoms with Crippen LogP contribution in [0.15, 0.2) is 0 Å². The van der Waals surface area contributed by atoms with Gasteiger partial charge in [0.25, 0.3) is 0 Å². The summed E-state index contributed by atoms with van der Waals surface area (Å²) >= 11 is -2.24. The molecule has 0 aliphatic carbocycles. The molecule has 0 aliphatic rings. The Morgan fingerprint density at radius 3 is 1.53 bits per heavy atom. The normalized spacial score (nSPS) is 9.87. The molecule has 0 rings (SSSR count). The molecule has 0 bridgehead atoms. The van der Waals surface area contributed by atoms with E-state index in [1.807, 2.05) is 0 Å². The monoisotopic (exact) mass is 312 g/mol. The van der Waals surface area contributed by atoms with Crippen molar-refractivity contribution in [1.29, 1.82) is 0 Å². The fourth-order valence-corrected chi connectivity index (χ4v) is 4.54. The van der Waals surface area contributed by atoms with Gasteiger partial charge in [-0.15, -0.1) is 0 Å². The van der Waals surface area contributed by atoms with E-state index in [-0.39, 0.29) is 0 Å². The number of unbranched alkanes of at least 4 members (excludes halogenated alkanes) is 4. The molecule has 0 saturated carbocycles. The summed E-state index contributed by atoms with van der Waals surface area (Å²) in [6, 6.07) is 0. The zero-order chi connectivity index (χ0) is 11.6. The Hall–Kier alpha value is -0.0813. The molecule has 0 heterocycles. The molecule has 0 aromatic heterocycles. The van der Waals surface area contributed by atoms with Crippen LogP contribution in [0.3, 0.4) is 0 Å². The minimum atomic E-state index is -2.24. The predicted octanol–water partition coefficient (Wildman–Crippen LogP) is 4.16. The van der Waals surface area contributed by atoms with Gasteiger partial charge < -0.3 is 0 Å². The number of hydrogen-bond acceptors (Lipinski definition) is 0. The first-order chi connectivity index (χ1) is 7.12. The Morgan fingerprint density at radius 1 is 0.800 bits per heavy atom. The second kappa shape index (κ2) is 9.17. The molecule has 0 saturated heterocycles. The molecule has 0 aromatic rings. The van der Waals surface area contributed by atoms with Crippen LogP contribution in [0.2, 0.25) is 9.88 Å². The molecule has 0 radical (unpaired) electrons. The van der Waals surface area contributed by atoms with Gasteiger partial charge in [-0.05, 0) is 0 Å². The van der Waals surface area contributed by atoms with E-state index >= 15 is 0 Å². The van der Waals surface area contributed by atoms with Gasteiger partial charge in [0.15, 0.2) is 0 Å². The van der Waals surface area contributed by atoms with Gasteiger partial charge in [0.1, 0.15) is 0 Å². The SMILES string of the molecule is CCCCC#[C][Sn]([CH3])([CH3])[C]#CCCCC. The molecule has 0 atom stereocenters. The molecular weight excluding hydrogens is 287 g/mol. The van der Waals surface area contributed by atoms with Crippen LogP contribution in [0.1, 0.15) is 52.4 Å². The summed E-state index contributed by atoms with van der Waals surface area (Å²) in [6.45, 7) is 4.42. The number of rotatable bonds is 4. The third-order valence-corrected chi connectivity index (χ3v) is 6.69. The number of hydrogen-bond donors (Lipinski definition) is 0. The van der Waals surface area contributed by atoms with Gasteiger partial charge in [-0.3, -0.25) is 0 Å². The molecule has 0 aliphatic heterocycles. The Labute approximate surface area is 100 Å². The fourth-order valence-electron chi connectivity index (χ4n) is 1.13. The van der Waals surface area contributed by atoms with Gasteiger partial charge in [-0.2, -0.15) is 0 Å². The van der Waals surface area contributed by atoms with Crippen LogP contribution in [0.25, 0.3) is 0 Å². The first-order valence-electron chi connectivity index (χ1n) is 6.12. The molecule has 0 spiro atoms. The Bertz CT molecular complexity index is 239. The van der Waals surface area contributed by atoms with Crippen molar-refractivity contribution in [2.45, 2.75) is 62.3 Å². The van der Waals surface area contributed by atoms with Crippen LogP contribution in [-0.4, -0.2) is 18.4 Å². The molecular formula is C14H24Sn. The summed E-state index contributed by atoms with van der Waals surface area (Å²) in [4.78, 5) is 4.62. The molecule has 0 N–H and O–H groups in total. The van der Waals surface area contributed by atoms with Crippen LogP contribution in [-0.2, 0) is 0 Å². The molecule has 0 amide bonds. The maximum absolute atomic E-state index is 3.46. The van der Waals surface area contributed by atoms with Gasteiger partial charge in [-0.25, -0.2) is 0 Å². The Morgan fingerprint density at radius 2 is 1.20 bits per heavy atom. The quantitative estimate of drug-likeness (QED) is 0.415. The summed E-state index contributed by atoms with van der Waals surface area (Å²) < 4.78 is 6.91. The van der Waals surface area contributed by atoms with Crippen molar-refractivity contribution in [1.82, 2.24) is 0 Å². The third kappa shape index (κ3) is 10.2.